The van der Waals surface area contributed by atoms with Crippen LogP contribution in [0.1, 0.15) is 24.3 Å². The lowest BCUT2D eigenvalue weighted by Crippen LogP contribution is -2.34. The molecule has 0 aliphatic carbocycles. The first-order chi connectivity index (χ1) is 16.6. The summed E-state index contributed by atoms with van der Waals surface area (Å²) in [6.45, 7) is 4.08. The largest absolute Gasteiger partial charge is 0.496 e. The van der Waals surface area contributed by atoms with E-state index in [1.54, 1.807) is 7.11 Å². The maximum absolute atomic E-state index is 13.0. The van der Waals surface area contributed by atoms with Gasteiger partial charge >= 0.3 is 5.69 Å². The second-order valence-corrected chi connectivity index (χ2v) is 10.3. The first kappa shape index (κ1) is 21.4. The van der Waals surface area contributed by atoms with Crippen LogP contribution >= 0.6 is 11.3 Å². The third-order valence-corrected chi connectivity index (χ3v) is 8.36. The highest BCUT2D eigenvalue weighted by Gasteiger charge is 2.40. The monoisotopic (exact) mass is 477 g/mol. The van der Waals surface area contributed by atoms with Crippen molar-refractivity contribution < 1.29 is 9.47 Å². The Kier molecular flexibility index (Phi) is 5.42. The van der Waals surface area contributed by atoms with Crippen LogP contribution in [0.4, 0.5) is 0 Å². The Balaban J connectivity index is 1.12. The molecule has 2 atom stereocenters. The van der Waals surface area contributed by atoms with Crippen LogP contribution in [0.5, 0.6) is 11.5 Å². The molecular formula is C26H27N3O4S. The zero-order valence-corrected chi connectivity index (χ0v) is 19.9. The highest BCUT2D eigenvalue weighted by atomic mass is 32.1. The van der Waals surface area contributed by atoms with Crippen molar-refractivity contribution in [3.63, 3.8) is 0 Å². The Morgan fingerprint density at radius 3 is 2.82 bits per heavy atom. The number of hydrogen-bond acceptors (Lipinski definition) is 6. The molecule has 6 rings (SSSR count). The number of benzene rings is 2. The van der Waals surface area contributed by atoms with E-state index < -0.39 is 0 Å². The Morgan fingerprint density at radius 2 is 1.94 bits per heavy atom. The average Bonchev–Trinajstić information content (AvgIpc) is 3.44. The number of aromatic nitrogens is 2. The fraction of sp³-hybridized carbons (Fsp3) is 0.385. The van der Waals surface area contributed by atoms with Crippen molar-refractivity contribution in [3.05, 3.63) is 68.9 Å². The van der Waals surface area contributed by atoms with Gasteiger partial charge in [-0.2, -0.15) is 0 Å². The van der Waals surface area contributed by atoms with E-state index in [-0.39, 0.29) is 11.2 Å². The second kappa shape index (κ2) is 8.60. The molecule has 1 saturated heterocycles. The third kappa shape index (κ3) is 3.52. The van der Waals surface area contributed by atoms with Crippen molar-refractivity contribution in [2.45, 2.75) is 25.3 Å². The molecule has 0 radical (unpaired) electrons. The molecule has 4 aromatic rings. The highest BCUT2D eigenvalue weighted by Crippen LogP contribution is 2.46. The molecule has 2 aliphatic rings. The third-order valence-electron chi connectivity index (χ3n) is 7.20. The first-order valence-electron chi connectivity index (χ1n) is 11.8. The Hall–Kier alpha value is -3.10. The number of rotatable bonds is 6. The van der Waals surface area contributed by atoms with Gasteiger partial charge in [-0.05, 0) is 37.6 Å². The summed E-state index contributed by atoms with van der Waals surface area (Å²) in [6.07, 6.45) is 1.71. The van der Waals surface area contributed by atoms with E-state index in [0.29, 0.717) is 28.6 Å². The zero-order valence-electron chi connectivity index (χ0n) is 19.1. The molecule has 2 aliphatic heterocycles. The van der Waals surface area contributed by atoms with E-state index in [1.165, 1.54) is 21.5 Å². The van der Waals surface area contributed by atoms with Crippen molar-refractivity contribution in [2.75, 3.05) is 33.4 Å². The van der Waals surface area contributed by atoms with Gasteiger partial charge in [0, 0.05) is 47.1 Å². The minimum atomic E-state index is -0.325. The molecule has 8 heteroatoms. The molecule has 0 amide bonds. The van der Waals surface area contributed by atoms with Crippen LogP contribution < -0.4 is 20.7 Å². The quantitative estimate of drug-likeness (QED) is 0.428. The highest BCUT2D eigenvalue weighted by molar-refractivity contribution is 7.25. The molecule has 0 bridgehead atoms. The van der Waals surface area contributed by atoms with Gasteiger partial charge in [-0.1, -0.05) is 24.3 Å². The second-order valence-electron chi connectivity index (χ2n) is 9.21. The predicted octanol–water partition coefficient (Wildman–Crippen LogP) is 3.80. The number of methoxy groups -OCH3 is 1. The fourth-order valence-electron chi connectivity index (χ4n) is 5.55. The van der Waals surface area contributed by atoms with Gasteiger partial charge in [0.25, 0.3) is 5.56 Å². The summed E-state index contributed by atoms with van der Waals surface area (Å²) in [4.78, 5) is 31.1. The first-order valence-corrected chi connectivity index (χ1v) is 12.6. The molecule has 1 N–H and O–H groups in total. The summed E-state index contributed by atoms with van der Waals surface area (Å²) in [5, 5.41) is 0.932. The normalized spacial score (nSPS) is 19.8. The minimum absolute atomic E-state index is 0.187. The van der Waals surface area contributed by atoms with Crippen LogP contribution in [-0.4, -0.2) is 47.8 Å². The van der Waals surface area contributed by atoms with Gasteiger partial charge in [0.1, 0.15) is 16.2 Å². The van der Waals surface area contributed by atoms with Crippen LogP contribution in [0, 0.1) is 5.92 Å². The molecule has 2 aromatic carbocycles. The molecule has 7 nitrogen and oxygen atoms in total. The van der Waals surface area contributed by atoms with Gasteiger partial charge < -0.3 is 19.4 Å². The van der Waals surface area contributed by atoms with E-state index in [9.17, 15) is 9.59 Å². The van der Waals surface area contributed by atoms with Crippen LogP contribution in [0.15, 0.2) is 52.1 Å². The summed E-state index contributed by atoms with van der Waals surface area (Å²) in [6, 6.07) is 13.8. The average molecular weight is 478 g/mol. The number of nitrogens with one attached hydrogen (secondary N) is 1. The molecule has 176 valence electrons. The standard InChI is InChI=1S/C26H27N3O4S/c1-32-19-8-6-9-20-22(19)18-14-28(13-16(18)15-33-20)11-4-5-12-29-25(30)24-23(27-26(29)31)17-7-2-3-10-21(17)34-24/h2-3,6-10,16,18H,4-5,11-15H2,1H3,(H,27,31)/t16-,18+/m0/s1. The Morgan fingerprint density at radius 1 is 1.09 bits per heavy atom. The number of nitrogens with zero attached hydrogens (tertiary/aromatic N) is 2. The number of H-pyrrole nitrogens is 1. The molecular weight excluding hydrogens is 450 g/mol. The van der Waals surface area contributed by atoms with Gasteiger partial charge in [-0.25, -0.2) is 4.79 Å². The minimum Gasteiger partial charge on any atom is -0.496 e. The number of fused-ring (bicyclic) bond motifs is 6. The summed E-state index contributed by atoms with van der Waals surface area (Å²) >= 11 is 1.45. The van der Waals surface area contributed by atoms with Crippen LogP contribution in [0.3, 0.4) is 0 Å². The number of ether oxygens (including phenoxy) is 2. The molecule has 1 fully saturated rings. The van der Waals surface area contributed by atoms with Crippen LogP contribution in [0.2, 0.25) is 0 Å². The number of hydrogen-bond donors (Lipinski definition) is 1. The topological polar surface area (TPSA) is 76.6 Å². The van der Waals surface area contributed by atoms with E-state index >= 15 is 0 Å². The van der Waals surface area contributed by atoms with E-state index in [4.69, 9.17) is 9.47 Å². The Labute approximate surface area is 200 Å². The van der Waals surface area contributed by atoms with Crippen LogP contribution in [-0.2, 0) is 6.54 Å². The maximum atomic E-state index is 13.0. The summed E-state index contributed by atoms with van der Waals surface area (Å²) in [5.41, 5.74) is 1.34. The predicted molar refractivity (Wildman–Crippen MR) is 135 cm³/mol. The Bertz CT molecular complexity index is 1470. The maximum Gasteiger partial charge on any atom is 0.328 e. The van der Waals surface area contributed by atoms with Crippen molar-refractivity contribution in [3.8, 4) is 11.5 Å². The SMILES string of the molecule is COc1cccc2c1[C@@H]1CN(CCCCn3c(=O)[nH]c4c(sc5ccccc54)c3=O)C[C@H]1CO2. The van der Waals surface area contributed by atoms with Crippen molar-refractivity contribution in [2.24, 2.45) is 5.92 Å². The molecule has 0 unspecified atom stereocenters. The molecule has 0 saturated carbocycles. The number of thiophene rings is 1. The van der Waals surface area contributed by atoms with Gasteiger partial charge in [0.05, 0.1) is 19.2 Å². The van der Waals surface area contributed by atoms with Crippen LogP contribution in [0.25, 0.3) is 20.3 Å². The van der Waals surface area contributed by atoms with Gasteiger partial charge in [0.15, 0.2) is 0 Å². The zero-order chi connectivity index (χ0) is 23.2. The van der Waals surface area contributed by atoms with E-state index in [0.717, 1.165) is 60.7 Å². The lowest BCUT2D eigenvalue weighted by molar-refractivity contribution is 0.209. The van der Waals surface area contributed by atoms with Gasteiger partial charge in [-0.3, -0.25) is 9.36 Å². The molecule has 0 spiro atoms. The van der Waals surface area contributed by atoms with Gasteiger partial charge in [0.2, 0.25) is 0 Å². The number of unbranched alkanes of at least 4 members (excludes halogenated alkanes) is 1. The molecule has 4 heterocycles. The van der Waals surface area contributed by atoms with Gasteiger partial charge in [-0.15, -0.1) is 11.3 Å². The van der Waals surface area contributed by atoms with Crippen molar-refractivity contribution in [1.82, 2.24) is 14.5 Å². The lowest BCUT2D eigenvalue weighted by atomic mass is 9.86. The smallest absolute Gasteiger partial charge is 0.328 e. The fourth-order valence-corrected chi connectivity index (χ4v) is 6.65. The molecule has 2 aromatic heterocycles. The number of aromatic amines is 1. The number of likely N-dealkylation sites (tertiary alicyclic amines) is 1. The summed E-state index contributed by atoms with van der Waals surface area (Å²) < 4.78 is 14.6. The molecule has 34 heavy (non-hydrogen) atoms. The summed E-state index contributed by atoms with van der Waals surface area (Å²) in [5.74, 6) is 2.73. The lowest BCUT2D eigenvalue weighted by Gasteiger charge is -2.29. The van der Waals surface area contributed by atoms with Crippen molar-refractivity contribution >= 4 is 31.6 Å². The summed E-state index contributed by atoms with van der Waals surface area (Å²) in [7, 11) is 1.71. The van der Waals surface area contributed by atoms with E-state index in [2.05, 4.69) is 9.88 Å². The van der Waals surface area contributed by atoms with E-state index in [1.807, 2.05) is 42.5 Å². The van der Waals surface area contributed by atoms with Crippen molar-refractivity contribution in [1.29, 1.82) is 0 Å².